The van der Waals surface area contributed by atoms with E-state index in [0.717, 1.165) is 17.8 Å². The zero-order chi connectivity index (χ0) is 20.2. The number of rotatable bonds is 7. The lowest BCUT2D eigenvalue weighted by Crippen LogP contribution is -2.42. The zero-order valence-electron chi connectivity index (χ0n) is 16.8. The van der Waals surface area contributed by atoms with Gasteiger partial charge in [0.2, 0.25) is 11.8 Å². The first kappa shape index (κ1) is 20.9. The van der Waals surface area contributed by atoms with E-state index in [-0.39, 0.29) is 29.7 Å². The standard InChI is InChI=1S/C18H30N6O3/c1-12(25)19-8-15(26)24-7-6-13-14(9-24)21-22-16(13)17(27)20-10-18(2,3)11-23(4)5/h6-11H2,1-5H3,(H,19,25)(H,20,27)(H,21,22). The number of hydrogen-bond acceptors (Lipinski definition) is 5. The molecule has 2 rings (SSSR count). The van der Waals surface area contributed by atoms with Gasteiger partial charge in [0.15, 0.2) is 5.69 Å². The minimum Gasteiger partial charge on any atom is -0.350 e. The van der Waals surface area contributed by atoms with Crippen molar-refractivity contribution in [2.75, 3.05) is 40.3 Å². The Balaban J connectivity index is 1.96. The van der Waals surface area contributed by atoms with E-state index < -0.39 is 0 Å². The Morgan fingerprint density at radius 2 is 1.96 bits per heavy atom. The fourth-order valence-corrected chi connectivity index (χ4v) is 3.35. The molecule has 9 heteroatoms. The van der Waals surface area contributed by atoms with Crippen molar-refractivity contribution in [3.63, 3.8) is 0 Å². The summed E-state index contributed by atoms with van der Waals surface area (Å²) in [5, 5.41) is 12.5. The van der Waals surface area contributed by atoms with Crippen LogP contribution in [-0.4, -0.2) is 78.0 Å². The molecule has 0 saturated heterocycles. The van der Waals surface area contributed by atoms with Crippen LogP contribution in [0.2, 0.25) is 0 Å². The largest absolute Gasteiger partial charge is 0.350 e. The summed E-state index contributed by atoms with van der Waals surface area (Å²) in [6.07, 6.45) is 0.557. The van der Waals surface area contributed by atoms with E-state index in [9.17, 15) is 14.4 Å². The van der Waals surface area contributed by atoms with Crippen molar-refractivity contribution in [2.24, 2.45) is 5.41 Å². The summed E-state index contributed by atoms with van der Waals surface area (Å²) in [5.41, 5.74) is 1.99. The van der Waals surface area contributed by atoms with Crippen molar-refractivity contribution < 1.29 is 14.4 Å². The number of nitrogens with zero attached hydrogens (tertiary/aromatic N) is 3. The average Bonchev–Trinajstić information content (AvgIpc) is 2.99. The molecule has 27 heavy (non-hydrogen) atoms. The van der Waals surface area contributed by atoms with Crippen molar-refractivity contribution >= 4 is 17.7 Å². The van der Waals surface area contributed by atoms with Crippen LogP contribution in [0.5, 0.6) is 0 Å². The summed E-state index contributed by atoms with van der Waals surface area (Å²) in [7, 11) is 4.01. The molecule has 0 atom stereocenters. The Labute approximate surface area is 159 Å². The number of carbonyl (C=O) groups excluding carboxylic acids is 3. The number of H-pyrrole nitrogens is 1. The van der Waals surface area contributed by atoms with Gasteiger partial charge in [-0.25, -0.2) is 0 Å². The molecule has 0 radical (unpaired) electrons. The van der Waals surface area contributed by atoms with E-state index in [0.29, 0.717) is 31.7 Å². The van der Waals surface area contributed by atoms with Crippen LogP contribution in [-0.2, 0) is 22.6 Å². The lowest BCUT2D eigenvalue weighted by molar-refractivity contribution is -0.133. The number of aromatic nitrogens is 2. The SMILES string of the molecule is CC(=O)NCC(=O)N1CCc2c(C(=O)NCC(C)(C)CN(C)C)n[nH]c2C1. The normalized spacial score (nSPS) is 14.1. The molecule has 0 aromatic carbocycles. The van der Waals surface area contributed by atoms with Gasteiger partial charge in [-0.3, -0.25) is 19.5 Å². The lowest BCUT2D eigenvalue weighted by atomic mass is 9.93. The minimum atomic E-state index is -0.237. The number of nitrogens with one attached hydrogen (secondary N) is 3. The van der Waals surface area contributed by atoms with Gasteiger partial charge in [-0.1, -0.05) is 13.8 Å². The van der Waals surface area contributed by atoms with Crippen molar-refractivity contribution in [1.82, 2.24) is 30.6 Å². The van der Waals surface area contributed by atoms with Crippen LogP contribution in [0.1, 0.15) is 42.5 Å². The lowest BCUT2D eigenvalue weighted by Gasteiger charge is -2.28. The summed E-state index contributed by atoms with van der Waals surface area (Å²) in [6.45, 7) is 7.83. The Morgan fingerprint density at radius 1 is 1.26 bits per heavy atom. The second kappa shape index (κ2) is 8.51. The van der Waals surface area contributed by atoms with Crippen molar-refractivity contribution in [1.29, 1.82) is 0 Å². The zero-order valence-corrected chi connectivity index (χ0v) is 16.8. The third-order valence-electron chi connectivity index (χ3n) is 4.46. The Bertz CT molecular complexity index is 710. The average molecular weight is 378 g/mol. The fourth-order valence-electron chi connectivity index (χ4n) is 3.35. The van der Waals surface area contributed by atoms with Gasteiger partial charge in [0.05, 0.1) is 18.8 Å². The molecule has 1 aliphatic rings. The minimum absolute atomic E-state index is 0.0207. The molecular formula is C18H30N6O3. The maximum absolute atomic E-state index is 12.6. The molecule has 0 aliphatic carbocycles. The molecule has 3 amide bonds. The molecule has 0 spiro atoms. The predicted molar refractivity (Wildman–Crippen MR) is 101 cm³/mol. The van der Waals surface area contributed by atoms with Gasteiger partial charge in [-0.15, -0.1) is 0 Å². The molecule has 0 saturated carbocycles. The van der Waals surface area contributed by atoms with Crippen LogP contribution in [0.3, 0.4) is 0 Å². The highest BCUT2D eigenvalue weighted by Crippen LogP contribution is 2.21. The summed E-state index contributed by atoms with van der Waals surface area (Å²) < 4.78 is 0. The van der Waals surface area contributed by atoms with Crippen LogP contribution in [0.15, 0.2) is 0 Å². The van der Waals surface area contributed by atoms with E-state index in [4.69, 9.17) is 0 Å². The van der Waals surface area contributed by atoms with Gasteiger partial charge >= 0.3 is 0 Å². The number of aromatic amines is 1. The predicted octanol–water partition coefficient (Wildman–Crippen LogP) is -0.252. The first-order valence-electron chi connectivity index (χ1n) is 9.10. The summed E-state index contributed by atoms with van der Waals surface area (Å²) >= 11 is 0. The topological polar surface area (TPSA) is 110 Å². The number of amides is 3. The third-order valence-corrected chi connectivity index (χ3v) is 4.46. The van der Waals surface area contributed by atoms with Gasteiger partial charge < -0.3 is 20.4 Å². The molecule has 0 unspecified atom stereocenters. The summed E-state index contributed by atoms with van der Waals surface area (Å²) in [6, 6.07) is 0. The van der Waals surface area contributed by atoms with Gasteiger partial charge in [-0.05, 0) is 25.9 Å². The number of carbonyl (C=O) groups is 3. The Kier molecular flexibility index (Phi) is 6.59. The molecule has 3 N–H and O–H groups in total. The maximum atomic E-state index is 12.6. The van der Waals surface area contributed by atoms with Crippen molar-refractivity contribution in [2.45, 2.75) is 33.7 Å². The number of hydrogen-bond donors (Lipinski definition) is 3. The molecule has 1 aromatic heterocycles. The second-order valence-electron chi connectivity index (χ2n) is 8.09. The number of fused-ring (bicyclic) bond motifs is 1. The molecule has 1 aromatic rings. The van der Waals surface area contributed by atoms with Gasteiger partial charge in [-0.2, -0.15) is 5.10 Å². The third kappa shape index (κ3) is 5.78. The highest BCUT2D eigenvalue weighted by Gasteiger charge is 2.28. The van der Waals surface area contributed by atoms with Crippen LogP contribution in [0, 0.1) is 5.41 Å². The Hall–Kier alpha value is -2.42. The summed E-state index contributed by atoms with van der Waals surface area (Å²) in [5.74, 6) is -0.585. The van der Waals surface area contributed by atoms with E-state index in [1.165, 1.54) is 6.92 Å². The van der Waals surface area contributed by atoms with Crippen LogP contribution in [0.4, 0.5) is 0 Å². The van der Waals surface area contributed by atoms with Gasteiger partial charge in [0, 0.05) is 32.1 Å². The van der Waals surface area contributed by atoms with E-state index >= 15 is 0 Å². The molecule has 2 heterocycles. The smallest absolute Gasteiger partial charge is 0.272 e. The molecule has 0 fully saturated rings. The summed E-state index contributed by atoms with van der Waals surface area (Å²) in [4.78, 5) is 39.4. The highest BCUT2D eigenvalue weighted by atomic mass is 16.2. The van der Waals surface area contributed by atoms with Crippen LogP contribution < -0.4 is 10.6 Å². The van der Waals surface area contributed by atoms with E-state index in [1.807, 2.05) is 14.1 Å². The molecule has 1 aliphatic heterocycles. The van der Waals surface area contributed by atoms with E-state index in [2.05, 4.69) is 39.6 Å². The van der Waals surface area contributed by atoms with Gasteiger partial charge in [0.25, 0.3) is 5.91 Å². The molecule has 0 bridgehead atoms. The molecule has 9 nitrogen and oxygen atoms in total. The Morgan fingerprint density at radius 3 is 2.59 bits per heavy atom. The quantitative estimate of drug-likeness (QED) is 0.606. The monoisotopic (exact) mass is 378 g/mol. The van der Waals surface area contributed by atoms with Crippen molar-refractivity contribution in [3.8, 4) is 0 Å². The highest BCUT2D eigenvalue weighted by molar-refractivity contribution is 5.94. The first-order chi connectivity index (χ1) is 12.6. The maximum Gasteiger partial charge on any atom is 0.272 e. The van der Waals surface area contributed by atoms with Gasteiger partial charge in [0.1, 0.15) is 0 Å². The fraction of sp³-hybridized carbons (Fsp3) is 0.667. The first-order valence-corrected chi connectivity index (χ1v) is 9.10. The second-order valence-corrected chi connectivity index (χ2v) is 8.09. The van der Waals surface area contributed by atoms with E-state index in [1.54, 1.807) is 4.90 Å². The van der Waals surface area contributed by atoms with Crippen LogP contribution in [0.25, 0.3) is 0 Å². The van der Waals surface area contributed by atoms with Crippen molar-refractivity contribution in [3.05, 3.63) is 17.0 Å². The van der Waals surface area contributed by atoms with Crippen LogP contribution >= 0.6 is 0 Å². The molecule has 150 valence electrons. The molecular weight excluding hydrogens is 348 g/mol.